The van der Waals surface area contributed by atoms with Crippen molar-refractivity contribution in [1.29, 1.82) is 0 Å². The van der Waals surface area contributed by atoms with E-state index in [4.69, 9.17) is 16.0 Å². The predicted molar refractivity (Wildman–Crippen MR) is 75.3 cm³/mol. The first-order chi connectivity index (χ1) is 9.10. The van der Waals surface area contributed by atoms with Crippen LogP contribution in [-0.4, -0.2) is 5.91 Å². The number of alkyl halides is 1. The van der Waals surface area contributed by atoms with Crippen LogP contribution < -0.4 is 5.32 Å². The molecule has 0 aliphatic rings. The second-order valence-corrected chi connectivity index (χ2v) is 4.74. The maximum atomic E-state index is 12.1. The van der Waals surface area contributed by atoms with Crippen molar-refractivity contribution in [1.82, 2.24) is 5.32 Å². The topological polar surface area (TPSA) is 42.2 Å². The summed E-state index contributed by atoms with van der Waals surface area (Å²) in [5.41, 5.74) is 1.53. The van der Waals surface area contributed by atoms with Crippen LogP contribution in [0, 0.1) is 6.92 Å². The molecule has 0 aliphatic carbocycles. The van der Waals surface area contributed by atoms with E-state index in [1.807, 2.05) is 38.1 Å². The number of aryl methyl sites for hydroxylation is 1. The summed E-state index contributed by atoms with van der Waals surface area (Å²) in [5, 5.41) is 2.90. The number of carbonyl (C=O) groups excluding carboxylic acids is 1. The largest absolute Gasteiger partial charge is 0.464 e. The lowest BCUT2D eigenvalue weighted by Gasteiger charge is -2.12. The summed E-state index contributed by atoms with van der Waals surface area (Å²) in [6, 6.07) is 10.9. The van der Waals surface area contributed by atoms with E-state index in [0.29, 0.717) is 11.4 Å². The highest BCUT2D eigenvalue weighted by Gasteiger charge is 2.14. The van der Waals surface area contributed by atoms with Crippen molar-refractivity contribution in [3.8, 4) is 0 Å². The van der Waals surface area contributed by atoms with E-state index in [1.54, 1.807) is 12.1 Å². The van der Waals surface area contributed by atoms with Crippen LogP contribution in [0.4, 0.5) is 0 Å². The SMILES string of the molecule is Cc1ccc(C(C)NC(=O)c2cccc(CCl)c2)o1. The zero-order chi connectivity index (χ0) is 13.8. The smallest absolute Gasteiger partial charge is 0.251 e. The van der Waals surface area contributed by atoms with E-state index in [9.17, 15) is 4.79 Å². The van der Waals surface area contributed by atoms with Crippen LogP contribution in [-0.2, 0) is 5.88 Å². The molecule has 3 nitrogen and oxygen atoms in total. The average molecular weight is 278 g/mol. The molecule has 1 amide bonds. The number of benzene rings is 1. The normalized spacial score (nSPS) is 12.2. The molecule has 2 aromatic rings. The highest BCUT2D eigenvalue weighted by atomic mass is 35.5. The highest BCUT2D eigenvalue weighted by molar-refractivity contribution is 6.17. The third-order valence-electron chi connectivity index (χ3n) is 2.88. The van der Waals surface area contributed by atoms with Crippen LogP contribution in [0.1, 0.15) is 40.4 Å². The minimum atomic E-state index is -0.166. The van der Waals surface area contributed by atoms with Gasteiger partial charge in [-0.25, -0.2) is 0 Å². The number of hydrogen-bond acceptors (Lipinski definition) is 2. The van der Waals surface area contributed by atoms with Gasteiger partial charge in [-0.15, -0.1) is 11.6 Å². The van der Waals surface area contributed by atoms with E-state index >= 15 is 0 Å². The van der Waals surface area contributed by atoms with E-state index in [0.717, 1.165) is 17.1 Å². The fourth-order valence-electron chi connectivity index (χ4n) is 1.83. The first-order valence-corrected chi connectivity index (χ1v) is 6.65. The molecule has 1 heterocycles. The molecule has 1 aromatic carbocycles. The van der Waals surface area contributed by atoms with E-state index < -0.39 is 0 Å². The molecule has 0 radical (unpaired) electrons. The Labute approximate surface area is 117 Å². The first kappa shape index (κ1) is 13.7. The molecule has 0 saturated carbocycles. The van der Waals surface area contributed by atoms with Crippen molar-refractivity contribution in [3.63, 3.8) is 0 Å². The Hall–Kier alpha value is -1.74. The zero-order valence-electron chi connectivity index (χ0n) is 10.9. The Morgan fingerprint density at radius 2 is 2.16 bits per heavy atom. The van der Waals surface area contributed by atoms with E-state index in [2.05, 4.69) is 5.32 Å². The molecular weight excluding hydrogens is 262 g/mol. The Morgan fingerprint density at radius 3 is 2.79 bits per heavy atom. The summed E-state index contributed by atoms with van der Waals surface area (Å²) in [4.78, 5) is 12.1. The van der Waals surface area contributed by atoms with Gasteiger partial charge in [-0.1, -0.05) is 12.1 Å². The molecule has 0 spiro atoms. The molecule has 0 bridgehead atoms. The molecule has 100 valence electrons. The van der Waals surface area contributed by atoms with Crippen molar-refractivity contribution < 1.29 is 9.21 Å². The van der Waals surface area contributed by atoms with E-state index in [1.165, 1.54) is 0 Å². The van der Waals surface area contributed by atoms with Gasteiger partial charge in [0.1, 0.15) is 11.5 Å². The molecule has 1 atom stereocenters. The number of rotatable bonds is 4. The van der Waals surface area contributed by atoms with Crippen LogP contribution in [0.2, 0.25) is 0 Å². The third kappa shape index (κ3) is 3.38. The fourth-order valence-corrected chi connectivity index (χ4v) is 2.00. The molecular formula is C15H16ClNO2. The Bertz CT molecular complexity index is 577. The van der Waals surface area contributed by atoms with Gasteiger partial charge in [0.2, 0.25) is 0 Å². The van der Waals surface area contributed by atoms with Gasteiger partial charge in [0.15, 0.2) is 0 Å². The zero-order valence-corrected chi connectivity index (χ0v) is 11.7. The quantitative estimate of drug-likeness (QED) is 0.863. The Kier molecular flexibility index (Phi) is 4.27. The Morgan fingerprint density at radius 1 is 1.37 bits per heavy atom. The molecule has 4 heteroatoms. The summed E-state index contributed by atoms with van der Waals surface area (Å²) in [6.07, 6.45) is 0. The number of furan rings is 1. The number of halogens is 1. The van der Waals surface area contributed by atoms with Gasteiger partial charge in [-0.05, 0) is 43.7 Å². The van der Waals surface area contributed by atoms with Crippen molar-refractivity contribution in [3.05, 3.63) is 59.0 Å². The summed E-state index contributed by atoms with van der Waals surface area (Å²) in [6.45, 7) is 3.77. The number of hydrogen-bond donors (Lipinski definition) is 1. The average Bonchev–Trinajstić information content (AvgIpc) is 2.85. The second-order valence-electron chi connectivity index (χ2n) is 4.48. The molecule has 19 heavy (non-hydrogen) atoms. The minimum Gasteiger partial charge on any atom is -0.464 e. The molecule has 1 N–H and O–H groups in total. The van der Waals surface area contributed by atoms with Gasteiger partial charge < -0.3 is 9.73 Å². The van der Waals surface area contributed by atoms with Crippen LogP contribution in [0.25, 0.3) is 0 Å². The third-order valence-corrected chi connectivity index (χ3v) is 3.19. The van der Waals surface area contributed by atoms with Crippen LogP contribution in [0.5, 0.6) is 0 Å². The maximum absolute atomic E-state index is 12.1. The van der Waals surface area contributed by atoms with E-state index in [-0.39, 0.29) is 11.9 Å². The number of nitrogens with one attached hydrogen (secondary N) is 1. The van der Waals surface area contributed by atoms with Crippen molar-refractivity contribution in [2.24, 2.45) is 0 Å². The monoisotopic (exact) mass is 277 g/mol. The minimum absolute atomic E-state index is 0.131. The molecule has 1 unspecified atom stereocenters. The van der Waals surface area contributed by atoms with Crippen LogP contribution in [0.15, 0.2) is 40.8 Å². The fraction of sp³-hybridized carbons (Fsp3) is 0.267. The van der Waals surface area contributed by atoms with Gasteiger partial charge in [0.05, 0.1) is 6.04 Å². The maximum Gasteiger partial charge on any atom is 0.251 e. The lowest BCUT2D eigenvalue weighted by molar-refractivity contribution is 0.0935. The van der Waals surface area contributed by atoms with Crippen molar-refractivity contribution in [2.75, 3.05) is 0 Å². The van der Waals surface area contributed by atoms with Crippen LogP contribution in [0.3, 0.4) is 0 Å². The van der Waals surface area contributed by atoms with Crippen molar-refractivity contribution >= 4 is 17.5 Å². The summed E-state index contributed by atoms with van der Waals surface area (Å²) < 4.78 is 5.49. The summed E-state index contributed by atoms with van der Waals surface area (Å²) in [7, 11) is 0. The number of amides is 1. The lowest BCUT2D eigenvalue weighted by atomic mass is 10.1. The second kappa shape index (κ2) is 5.93. The van der Waals surface area contributed by atoms with Gasteiger partial charge in [-0.2, -0.15) is 0 Å². The first-order valence-electron chi connectivity index (χ1n) is 6.12. The molecule has 1 aromatic heterocycles. The summed E-state index contributed by atoms with van der Waals surface area (Å²) >= 11 is 5.76. The van der Waals surface area contributed by atoms with Gasteiger partial charge >= 0.3 is 0 Å². The van der Waals surface area contributed by atoms with Gasteiger partial charge in [-0.3, -0.25) is 4.79 Å². The molecule has 0 fully saturated rings. The Balaban J connectivity index is 2.08. The highest BCUT2D eigenvalue weighted by Crippen LogP contribution is 2.16. The van der Waals surface area contributed by atoms with Crippen molar-refractivity contribution in [2.45, 2.75) is 25.8 Å². The predicted octanol–water partition coefficient (Wildman–Crippen LogP) is 3.82. The van der Waals surface area contributed by atoms with Gasteiger partial charge in [0, 0.05) is 11.4 Å². The van der Waals surface area contributed by atoms with Gasteiger partial charge in [0.25, 0.3) is 5.91 Å². The number of carbonyl (C=O) groups is 1. The standard InChI is InChI=1S/C15H16ClNO2/c1-10-6-7-14(19-10)11(2)17-15(18)13-5-3-4-12(8-13)9-16/h3-8,11H,9H2,1-2H3,(H,17,18). The molecule has 2 rings (SSSR count). The summed E-state index contributed by atoms with van der Waals surface area (Å²) in [5.74, 6) is 1.85. The van der Waals surface area contributed by atoms with Crippen LogP contribution >= 0.6 is 11.6 Å². The molecule has 0 aliphatic heterocycles. The molecule has 0 saturated heterocycles. The lowest BCUT2D eigenvalue weighted by Crippen LogP contribution is -2.26.